The Hall–Kier alpha value is -0.990. The molecule has 2 aliphatic rings. The van der Waals surface area contributed by atoms with Gasteiger partial charge in [-0.3, -0.25) is 0 Å². The third kappa shape index (κ3) is 5.99. The molecule has 0 bridgehead atoms. The summed E-state index contributed by atoms with van der Waals surface area (Å²) in [4.78, 5) is 0. The molecule has 0 heterocycles. The van der Waals surface area contributed by atoms with Crippen molar-refractivity contribution < 1.29 is 13.2 Å². The molecule has 0 aliphatic heterocycles. The summed E-state index contributed by atoms with van der Waals surface area (Å²) in [6.45, 7) is 2.30. The Bertz CT molecular complexity index is 544. The predicted octanol–water partition coefficient (Wildman–Crippen LogP) is 8.05. The summed E-state index contributed by atoms with van der Waals surface area (Å²) in [6.07, 6.45) is 11.8. The molecule has 3 rings (SSSR count). The molecule has 0 N–H and O–H groups in total. The van der Waals surface area contributed by atoms with Crippen LogP contribution in [0.5, 0.6) is 0 Å². The van der Waals surface area contributed by atoms with Gasteiger partial charge in [0.1, 0.15) is 0 Å². The highest BCUT2D eigenvalue weighted by molar-refractivity contribution is 5.24. The van der Waals surface area contributed by atoms with Crippen molar-refractivity contribution in [2.24, 2.45) is 23.7 Å². The fourth-order valence-electron chi connectivity index (χ4n) is 5.54. The normalized spacial score (nSPS) is 29.6. The van der Waals surface area contributed by atoms with Crippen molar-refractivity contribution in [3.63, 3.8) is 0 Å². The molecule has 0 aromatic heterocycles. The average Bonchev–Trinajstić information content (AvgIpc) is 2.67. The Morgan fingerprint density at radius 1 is 0.741 bits per heavy atom. The van der Waals surface area contributed by atoms with Gasteiger partial charge >= 0.3 is 6.18 Å². The Labute approximate surface area is 162 Å². The van der Waals surface area contributed by atoms with Crippen LogP contribution in [0, 0.1) is 23.7 Å². The summed E-state index contributed by atoms with van der Waals surface area (Å²) in [5, 5.41) is 0. The van der Waals surface area contributed by atoms with Crippen molar-refractivity contribution in [1.29, 1.82) is 0 Å². The van der Waals surface area contributed by atoms with Gasteiger partial charge in [0, 0.05) is 0 Å². The first-order valence-corrected chi connectivity index (χ1v) is 11.1. The van der Waals surface area contributed by atoms with E-state index in [2.05, 4.69) is 6.92 Å². The van der Waals surface area contributed by atoms with Crippen LogP contribution in [0.3, 0.4) is 0 Å². The van der Waals surface area contributed by atoms with Crippen LogP contribution < -0.4 is 0 Å². The zero-order chi connectivity index (χ0) is 19.3. The average molecular weight is 381 g/mol. The Morgan fingerprint density at radius 2 is 1.22 bits per heavy atom. The van der Waals surface area contributed by atoms with E-state index in [1.165, 1.54) is 76.3 Å². The van der Waals surface area contributed by atoms with Crippen LogP contribution in [-0.2, 0) is 12.6 Å². The van der Waals surface area contributed by atoms with Crippen LogP contribution in [0.2, 0.25) is 0 Å². The lowest BCUT2D eigenvalue weighted by molar-refractivity contribution is -0.137. The number of hydrogen-bond donors (Lipinski definition) is 0. The Kier molecular flexibility index (Phi) is 7.28. The van der Waals surface area contributed by atoms with E-state index in [-0.39, 0.29) is 0 Å². The highest BCUT2D eigenvalue weighted by atomic mass is 19.4. The van der Waals surface area contributed by atoms with Crippen molar-refractivity contribution in [1.82, 2.24) is 0 Å². The molecule has 1 aromatic carbocycles. The van der Waals surface area contributed by atoms with E-state index < -0.39 is 11.7 Å². The van der Waals surface area contributed by atoms with Crippen LogP contribution >= 0.6 is 0 Å². The van der Waals surface area contributed by atoms with Crippen LogP contribution in [0.4, 0.5) is 13.2 Å². The number of benzene rings is 1. The number of alkyl halides is 3. The van der Waals surface area contributed by atoms with E-state index in [4.69, 9.17) is 0 Å². The summed E-state index contributed by atoms with van der Waals surface area (Å²) in [5.41, 5.74) is 0.500. The second-order valence-electron chi connectivity index (χ2n) is 9.08. The zero-order valence-corrected chi connectivity index (χ0v) is 16.7. The summed E-state index contributed by atoms with van der Waals surface area (Å²) in [7, 11) is 0. The van der Waals surface area contributed by atoms with E-state index in [1.54, 1.807) is 12.1 Å². The summed E-state index contributed by atoms with van der Waals surface area (Å²) in [5.74, 6) is 3.66. The monoisotopic (exact) mass is 380 g/mol. The lowest BCUT2D eigenvalue weighted by Gasteiger charge is -2.38. The molecule has 0 unspecified atom stereocenters. The van der Waals surface area contributed by atoms with Gasteiger partial charge in [0.15, 0.2) is 0 Å². The lowest BCUT2D eigenvalue weighted by Crippen LogP contribution is -2.26. The van der Waals surface area contributed by atoms with Crippen molar-refractivity contribution in [3.8, 4) is 0 Å². The van der Waals surface area contributed by atoms with Gasteiger partial charge in [-0.25, -0.2) is 0 Å². The van der Waals surface area contributed by atoms with Crippen molar-refractivity contribution in [3.05, 3.63) is 35.4 Å². The minimum absolute atomic E-state index is 0.541. The van der Waals surface area contributed by atoms with Crippen LogP contribution in [0.25, 0.3) is 0 Å². The van der Waals surface area contributed by atoms with E-state index >= 15 is 0 Å². The molecule has 2 saturated carbocycles. The van der Waals surface area contributed by atoms with Gasteiger partial charge in [0.2, 0.25) is 0 Å². The standard InChI is InChI=1S/C24H35F3/c1-2-3-18-6-12-21(13-7-18)22-14-8-19(9-15-22)4-5-20-10-16-23(17-11-20)24(25,26)27/h10-11,16-19,21-22H,2-9,12-15H2,1H3/t18-,19-,21-,22-. The summed E-state index contributed by atoms with van der Waals surface area (Å²) < 4.78 is 37.9. The van der Waals surface area contributed by atoms with Gasteiger partial charge in [-0.2, -0.15) is 13.2 Å². The van der Waals surface area contributed by atoms with E-state index in [9.17, 15) is 13.2 Å². The highest BCUT2D eigenvalue weighted by Gasteiger charge is 2.31. The van der Waals surface area contributed by atoms with E-state index in [0.29, 0.717) is 0 Å². The molecule has 152 valence electrons. The number of halogens is 3. The molecule has 2 fully saturated rings. The molecule has 1 aromatic rings. The van der Waals surface area contributed by atoms with Gasteiger partial charge in [0.05, 0.1) is 5.56 Å². The Balaban J connectivity index is 1.37. The fraction of sp³-hybridized carbons (Fsp3) is 0.750. The van der Waals surface area contributed by atoms with Gasteiger partial charge < -0.3 is 0 Å². The Morgan fingerprint density at radius 3 is 1.67 bits per heavy atom. The van der Waals surface area contributed by atoms with Crippen molar-refractivity contribution in [2.45, 2.75) is 90.1 Å². The molecule has 0 radical (unpaired) electrons. The maximum absolute atomic E-state index is 12.6. The van der Waals surface area contributed by atoms with Crippen LogP contribution in [-0.4, -0.2) is 0 Å². The van der Waals surface area contributed by atoms with Gasteiger partial charge in [-0.1, -0.05) is 57.6 Å². The minimum Gasteiger partial charge on any atom is -0.166 e. The largest absolute Gasteiger partial charge is 0.416 e. The van der Waals surface area contributed by atoms with Crippen LogP contribution in [0.15, 0.2) is 24.3 Å². The zero-order valence-electron chi connectivity index (χ0n) is 16.7. The minimum atomic E-state index is -4.23. The fourth-order valence-corrected chi connectivity index (χ4v) is 5.54. The molecule has 2 aliphatic carbocycles. The van der Waals surface area contributed by atoms with E-state index in [0.717, 1.165) is 42.1 Å². The molecule has 3 heteroatoms. The lowest BCUT2D eigenvalue weighted by atomic mass is 9.68. The molecule has 27 heavy (non-hydrogen) atoms. The topological polar surface area (TPSA) is 0 Å². The first kappa shape index (κ1) is 20.7. The number of aryl methyl sites for hydroxylation is 1. The molecule has 0 atom stereocenters. The molecule has 0 spiro atoms. The molecule has 0 nitrogen and oxygen atoms in total. The first-order chi connectivity index (χ1) is 13.0. The number of rotatable bonds is 6. The second-order valence-corrected chi connectivity index (χ2v) is 9.08. The van der Waals surface area contributed by atoms with E-state index in [1.807, 2.05) is 0 Å². The number of hydrogen-bond acceptors (Lipinski definition) is 0. The summed E-state index contributed by atoms with van der Waals surface area (Å²) >= 11 is 0. The maximum atomic E-state index is 12.6. The van der Waals surface area contributed by atoms with Gasteiger partial charge in [0.25, 0.3) is 0 Å². The quantitative estimate of drug-likeness (QED) is 0.468. The summed E-state index contributed by atoms with van der Waals surface area (Å²) in [6, 6.07) is 5.76. The first-order valence-electron chi connectivity index (χ1n) is 11.1. The van der Waals surface area contributed by atoms with Crippen molar-refractivity contribution in [2.75, 3.05) is 0 Å². The smallest absolute Gasteiger partial charge is 0.166 e. The molecule has 0 saturated heterocycles. The van der Waals surface area contributed by atoms with Gasteiger partial charge in [-0.15, -0.1) is 0 Å². The van der Waals surface area contributed by atoms with Crippen molar-refractivity contribution >= 4 is 0 Å². The third-order valence-corrected chi connectivity index (χ3v) is 7.27. The second kappa shape index (κ2) is 9.47. The SMILES string of the molecule is CCC[C@H]1CC[C@H]([C@H]2CC[C@H](CCc3ccc(C(F)(F)F)cc3)CC2)CC1. The van der Waals surface area contributed by atoms with Crippen LogP contribution in [0.1, 0.15) is 88.7 Å². The predicted molar refractivity (Wildman–Crippen MR) is 106 cm³/mol. The highest BCUT2D eigenvalue weighted by Crippen LogP contribution is 2.43. The van der Waals surface area contributed by atoms with Gasteiger partial charge in [-0.05, 0) is 79.9 Å². The third-order valence-electron chi connectivity index (χ3n) is 7.27. The molecular formula is C24H35F3. The molecular weight excluding hydrogens is 345 g/mol. The maximum Gasteiger partial charge on any atom is 0.416 e. The molecule has 0 amide bonds.